The van der Waals surface area contributed by atoms with Gasteiger partial charge in [0.25, 0.3) is 0 Å². The van der Waals surface area contributed by atoms with Crippen LogP contribution in [0.1, 0.15) is 44.1 Å². The molecule has 1 aromatic carbocycles. The second-order valence-electron chi connectivity index (χ2n) is 7.01. The van der Waals surface area contributed by atoms with Gasteiger partial charge in [0, 0.05) is 17.7 Å². The first-order chi connectivity index (χ1) is 11.6. The summed E-state index contributed by atoms with van der Waals surface area (Å²) >= 11 is 5.91. The summed E-state index contributed by atoms with van der Waals surface area (Å²) < 4.78 is 5.68. The van der Waals surface area contributed by atoms with Crippen molar-refractivity contribution < 1.29 is 9.53 Å². The number of hydrogen-bond acceptors (Lipinski definition) is 3. The topological polar surface area (TPSA) is 50.7 Å². The van der Waals surface area contributed by atoms with Crippen molar-refractivity contribution in [3.8, 4) is 5.75 Å². The maximum Gasteiger partial charge on any atom is 0.240 e. The largest absolute Gasteiger partial charge is 0.493 e. The first-order valence-electron chi connectivity index (χ1n) is 8.83. The predicted octanol–water partition coefficient (Wildman–Crippen LogP) is 4.35. The third-order valence-electron chi connectivity index (χ3n) is 5.19. The van der Waals surface area contributed by atoms with Crippen molar-refractivity contribution in [1.29, 1.82) is 0 Å². The highest BCUT2D eigenvalue weighted by atomic mass is 35.5. The van der Waals surface area contributed by atoms with Crippen molar-refractivity contribution >= 4 is 23.7 Å². The van der Waals surface area contributed by atoms with Gasteiger partial charge in [0.15, 0.2) is 0 Å². The third-order valence-corrected chi connectivity index (χ3v) is 5.43. The first kappa shape index (κ1) is 17.3. The zero-order chi connectivity index (χ0) is 16.9. The molecular weight excluding hydrogens is 324 g/mol. The van der Waals surface area contributed by atoms with Crippen LogP contribution in [0, 0.1) is 24.7 Å². The standard InChI is InChI=1S/C19H25ClN2O2/c1-13-9-17(20)6-7-18(13)24-8-2-3-19(23)22-21-12-16-11-14-4-5-15(16)10-14/h6-7,9,12,14-16H,2-5,8,10-11H2,1H3,(H,22,23)/b21-12+. The van der Waals surface area contributed by atoms with Gasteiger partial charge in [-0.15, -0.1) is 0 Å². The van der Waals surface area contributed by atoms with Crippen LogP contribution in [-0.2, 0) is 4.79 Å². The Balaban J connectivity index is 1.31. The number of rotatable bonds is 7. The number of carbonyl (C=O) groups excluding carboxylic acids is 1. The first-order valence-corrected chi connectivity index (χ1v) is 9.20. The normalized spacial score (nSPS) is 25.3. The monoisotopic (exact) mass is 348 g/mol. The molecule has 3 rings (SSSR count). The molecule has 0 saturated heterocycles. The number of nitrogens with zero attached hydrogens (tertiary/aromatic N) is 1. The summed E-state index contributed by atoms with van der Waals surface area (Å²) in [4.78, 5) is 11.8. The minimum absolute atomic E-state index is 0.0502. The Morgan fingerprint density at radius 3 is 3.00 bits per heavy atom. The third kappa shape index (κ3) is 4.50. The second-order valence-corrected chi connectivity index (χ2v) is 7.45. The van der Waals surface area contributed by atoms with Crippen LogP contribution in [0.3, 0.4) is 0 Å². The van der Waals surface area contributed by atoms with Crippen LogP contribution in [0.2, 0.25) is 5.02 Å². The average molecular weight is 349 g/mol. The number of hydrogen-bond donors (Lipinski definition) is 1. The van der Waals surface area contributed by atoms with E-state index >= 15 is 0 Å². The van der Waals surface area contributed by atoms with Crippen molar-refractivity contribution in [2.24, 2.45) is 22.9 Å². The van der Waals surface area contributed by atoms with Crippen molar-refractivity contribution in [1.82, 2.24) is 5.43 Å². The number of fused-ring (bicyclic) bond motifs is 2. The van der Waals surface area contributed by atoms with Gasteiger partial charge in [0.05, 0.1) is 6.61 Å². The Kier molecular flexibility index (Phi) is 5.77. The van der Waals surface area contributed by atoms with Crippen molar-refractivity contribution in [3.05, 3.63) is 28.8 Å². The Morgan fingerprint density at radius 1 is 1.42 bits per heavy atom. The number of hydrazone groups is 1. The van der Waals surface area contributed by atoms with E-state index in [1.165, 1.54) is 25.7 Å². The second kappa shape index (κ2) is 8.02. The van der Waals surface area contributed by atoms with E-state index in [2.05, 4.69) is 10.5 Å². The van der Waals surface area contributed by atoms with E-state index in [1.54, 1.807) is 6.07 Å². The van der Waals surface area contributed by atoms with Gasteiger partial charge in [-0.3, -0.25) is 4.79 Å². The Morgan fingerprint density at radius 2 is 2.29 bits per heavy atom. The van der Waals surface area contributed by atoms with Crippen LogP contribution in [0.5, 0.6) is 5.75 Å². The summed E-state index contributed by atoms with van der Waals surface area (Å²) in [5, 5.41) is 4.85. The van der Waals surface area contributed by atoms with Gasteiger partial charge in [-0.25, -0.2) is 5.43 Å². The number of halogens is 1. The van der Waals surface area contributed by atoms with E-state index in [-0.39, 0.29) is 5.91 Å². The molecule has 0 radical (unpaired) electrons. The lowest BCUT2D eigenvalue weighted by Gasteiger charge is -2.16. The number of nitrogens with one attached hydrogen (secondary N) is 1. The Bertz CT molecular complexity index is 617. The molecule has 2 saturated carbocycles. The number of ether oxygens (including phenoxy) is 1. The van der Waals surface area contributed by atoms with Crippen LogP contribution in [-0.4, -0.2) is 18.7 Å². The summed E-state index contributed by atoms with van der Waals surface area (Å²) in [7, 11) is 0. The fourth-order valence-electron chi connectivity index (χ4n) is 3.93. The number of benzene rings is 1. The zero-order valence-electron chi connectivity index (χ0n) is 14.1. The van der Waals surface area contributed by atoms with E-state index < -0.39 is 0 Å². The van der Waals surface area contributed by atoms with E-state index in [9.17, 15) is 4.79 Å². The lowest BCUT2D eigenvalue weighted by molar-refractivity contribution is -0.121. The Labute approximate surface area is 148 Å². The highest BCUT2D eigenvalue weighted by Crippen LogP contribution is 2.47. The minimum Gasteiger partial charge on any atom is -0.493 e. The Hall–Kier alpha value is -1.55. The minimum atomic E-state index is -0.0502. The molecule has 0 heterocycles. The summed E-state index contributed by atoms with van der Waals surface area (Å²) in [6, 6.07) is 5.53. The van der Waals surface area contributed by atoms with Crippen LogP contribution in [0.25, 0.3) is 0 Å². The van der Waals surface area contributed by atoms with Gasteiger partial charge in [-0.05, 0) is 74.1 Å². The van der Waals surface area contributed by atoms with Gasteiger partial charge in [-0.1, -0.05) is 18.0 Å². The van der Waals surface area contributed by atoms with Crippen LogP contribution in [0.15, 0.2) is 23.3 Å². The molecular formula is C19H25ClN2O2. The van der Waals surface area contributed by atoms with Gasteiger partial charge in [-0.2, -0.15) is 5.10 Å². The summed E-state index contributed by atoms with van der Waals surface area (Å²) in [5.41, 5.74) is 3.65. The molecule has 2 aliphatic carbocycles. The van der Waals surface area contributed by atoms with Crippen molar-refractivity contribution in [2.75, 3.05) is 6.61 Å². The van der Waals surface area contributed by atoms with Crippen LogP contribution >= 0.6 is 11.6 Å². The van der Waals surface area contributed by atoms with Crippen LogP contribution in [0.4, 0.5) is 0 Å². The molecule has 1 aromatic rings. The highest BCUT2D eigenvalue weighted by Gasteiger charge is 2.38. The van der Waals surface area contributed by atoms with Gasteiger partial charge < -0.3 is 4.74 Å². The van der Waals surface area contributed by atoms with Crippen molar-refractivity contribution in [3.63, 3.8) is 0 Å². The quantitative estimate of drug-likeness (QED) is 0.452. The molecule has 3 atom stereocenters. The molecule has 0 spiro atoms. The fraction of sp³-hybridized carbons (Fsp3) is 0.579. The predicted molar refractivity (Wildman–Crippen MR) is 96.5 cm³/mol. The maximum absolute atomic E-state index is 11.8. The van der Waals surface area contributed by atoms with E-state index in [0.29, 0.717) is 30.4 Å². The smallest absolute Gasteiger partial charge is 0.240 e. The molecule has 0 aliphatic heterocycles. The lowest BCUT2D eigenvalue weighted by Crippen LogP contribution is -2.20. The highest BCUT2D eigenvalue weighted by molar-refractivity contribution is 6.30. The van der Waals surface area contributed by atoms with Gasteiger partial charge in [0.1, 0.15) is 5.75 Å². The summed E-state index contributed by atoms with van der Waals surface area (Å²) in [5.74, 6) is 3.03. The molecule has 5 heteroatoms. The van der Waals surface area contributed by atoms with Crippen molar-refractivity contribution in [2.45, 2.75) is 45.4 Å². The summed E-state index contributed by atoms with van der Waals surface area (Å²) in [6.45, 7) is 2.46. The molecule has 2 aliphatic rings. The maximum atomic E-state index is 11.8. The molecule has 130 valence electrons. The average Bonchev–Trinajstić information content (AvgIpc) is 3.16. The SMILES string of the molecule is Cc1cc(Cl)ccc1OCCCC(=O)N/N=C/C1CC2CCC1C2. The number of amides is 1. The molecule has 0 aromatic heterocycles. The molecule has 4 nitrogen and oxygen atoms in total. The van der Waals surface area contributed by atoms with Gasteiger partial charge >= 0.3 is 0 Å². The fourth-order valence-corrected chi connectivity index (χ4v) is 4.15. The molecule has 1 N–H and O–H groups in total. The van der Waals surface area contributed by atoms with E-state index in [1.807, 2.05) is 25.3 Å². The molecule has 24 heavy (non-hydrogen) atoms. The van der Waals surface area contributed by atoms with E-state index in [4.69, 9.17) is 16.3 Å². The molecule has 2 fully saturated rings. The molecule has 1 amide bonds. The number of carbonyl (C=O) groups is 1. The summed E-state index contributed by atoms with van der Waals surface area (Å²) in [6.07, 6.45) is 8.35. The van der Waals surface area contributed by atoms with E-state index in [0.717, 1.165) is 23.1 Å². The molecule has 2 bridgehead atoms. The number of aryl methyl sites for hydroxylation is 1. The van der Waals surface area contributed by atoms with Gasteiger partial charge in [0.2, 0.25) is 5.91 Å². The van der Waals surface area contributed by atoms with Crippen LogP contribution < -0.4 is 10.2 Å². The molecule has 3 unspecified atom stereocenters. The zero-order valence-corrected chi connectivity index (χ0v) is 14.9. The lowest BCUT2D eigenvalue weighted by atomic mass is 9.90.